The highest BCUT2D eigenvalue weighted by Gasteiger charge is 2.39. The first kappa shape index (κ1) is 32.9. The molecule has 4 nitrogen and oxygen atoms in total. The molecule has 1 aromatic heterocycles. The van der Waals surface area contributed by atoms with Crippen LogP contribution in [-0.4, -0.2) is 11.7 Å². The van der Waals surface area contributed by atoms with Crippen molar-refractivity contribution < 1.29 is 4.42 Å². The molecule has 0 fully saturated rings. The maximum Gasteiger partial charge on any atom is 0.159 e. The molecule has 56 heavy (non-hydrogen) atoms. The van der Waals surface area contributed by atoms with E-state index in [1.807, 2.05) is 6.07 Å². The normalized spacial score (nSPS) is 19.0. The van der Waals surface area contributed by atoms with Crippen molar-refractivity contribution in [2.45, 2.75) is 50.6 Å². The van der Waals surface area contributed by atoms with Gasteiger partial charge < -0.3 is 9.73 Å². The van der Waals surface area contributed by atoms with Crippen molar-refractivity contribution in [3.05, 3.63) is 196 Å². The quantitative estimate of drug-likeness (QED) is 0.192. The van der Waals surface area contributed by atoms with E-state index in [1.165, 1.54) is 60.7 Å². The molecule has 1 aliphatic heterocycles. The van der Waals surface area contributed by atoms with Crippen molar-refractivity contribution in [3.8, 4) is 22.3 Å². The lowest BCUT2D eigenvalue weighted by atomic mass is 9.79. The van der Waals surface area contributed by atoms with Gasteiger partial charge in [-0.15, -0.1) is 0 Å². The van der Waals surface area contributed by atoms with E-state index in [0.29, 0.717) is 11.8 Å². The molecule has 2 heterocycles. The molecular formula is C52H41N3O. The van der Waals surface area contributed by atoms with Gasteiger partial charge in [-0.05, 0) is 92.8 Å². The second-order valence-electron chi connectivity index (χ2n) is 16.0. The third-order valence-corrected chi connectivity index (χ3v) is 12.3. The SMILES string of the molecule is CC1(C)c2cc(C3N=C(c4ccc5c6c(oc5c4)C=CCC6)N=C(c4ccccc4)N3)ccc2-c2c(-c3ccc(C4C=CC=CC4)cc3)cc3ccccc3c21. The lowest BCUT2D eigenvalue weighted by Crippen LogP contribution is -2.33. The number of fused-ring (bicyclic) bond motifs is 8. The molecule has 2 atom stereocenters. The van der Waals surface area contributed by atoms with Crippen molar-refractivity contribution in [2.24, 2.45) is 9.98 Å². The van der Waals surface area contributed by atoms with Crippen molar-refractivity contribution in [2.75, 3.05) is 0 Å². The predicted molar refractivity (Wildman–Crippen MR) is 232 cm³/mol. The monoisotopic (exact) mass is 723 g/mol. The fourth-order valence-corrected chi connectivity index (χ4v) is 9.45. The van der Waals surface area contributed by atoms with Gasteiger partial charge in [-0.2, -0.15) is 0 Å². The summed E-state index contributed by atoms with van der Waals surface area (Å²) in [7, 11) is 0. The minimum atomic E-state index is -0.335. The first-order chi connectivity index (χ1) is 27.5. The molecule has 0 spiro atoms. The zero-order chi connectivity index (χ0) is 37.4. The van der Waals surface area contributed by atoms with E-state index in [0.717, 1.165) is 53.1 Å². The molecular weight excluding hydrogens is 683 g/mol. The molecule has 0 radical (unpaired) electrons. The van der Waals surface area contributed by atoms with E-state index in [2.05, 4.69) is 171 Å². The van der Waals surface area contributed by atoms with Gasteiger partial charge in [0.25, 0.3) is 0 Å². The molecule has 3 aliphatic carbocycles. The third kappa shape index (κ3) is 5.27. The van der Waals surface area contributed by atoms with Gasteiger partial charge in [0.1, 0.15) is 23.3 Å². The number of hydrogen-bond donors (Lipinski definition) is 1. The van der Waals surface area contributed by atoms with E-state index < -0.39 is 0 Å². The van der Waals surface area contributed by atoms with Crippen LogP contribution in [0.4, 0.5) is 0 Å². The number of aryl methyl sites for hydroxylation is 1. The fraction of sp³-hybridized carbons (Fsp3) is 0.154. The Morgan fingerprint density at radius 2 is 1.54 bits per heavy atom. The summed E-state index contributed by atoms with van der Waals surface area (Å²) >= 11 is 0. The topological polar surface area (TPSA) is 49.9 Å². The van der Waals surface area contributed by atoms with Crippen LogP contribution in [0, 0.1) is 0 Å². The third-order valence-electron chi connectivity index (χ3n) is 12.3. The maximum absolute atomic E-state index is 6.34. The molecule has 1 N–H and O–H groups in total. The second kappa shape index (κ2) is 12.8. The van der Waals surface area contributed by atoms with Crippen LogP contribution >= 0.6 is 0 Å². The van der Waals surface area contributed by atoms with Crippen LogP contribution < -0.4 is 5.32 Å². The van der Waals surface area contributed by atoms with E-state index >= 15 is 0 Å². The van der Waals surface area contributed by atoms with E-state index in [-0.39, 0.29) is 11.6 Å². The van der Waals surface area contributed by atoms with Crippen LogP contribution in [0.2, 0.25) is 0 Å². The zero-order valence-corrected chi connectivity index (χ0v) is 31.6. The summed E-state index contributed by atoms with van der Waals surface area (Å²) in [6.45, 7) is 4.77. The highest BCUT2D eigenvalue weighted by Crippen LogP contribution is 2.55. The van der Waals surface area contributed by atoms with Crippen LogP contribution in [0.25, 0.3) is 50.1 Å². The summed E-state index contributed by atoms with van der Waals surface area (Å²) in [5.41, 5.74) is 14.2. The lowest BCUT2D eigenvalue weighted by Gasteiger charge is -2.26. The van der Waals surface area contributed by atoms with E-state index in [9.17, 15) is 0 Å². The van der Waals surface area contributed by atoms with Crippen molar-refractivity contribution in [1.82, 2.24) is 5.32 Å². The van der Waals surface area contributed by atoms with Gasteiger partial charge in [0, 0.05) is 33.4 Å². The Balaban J connectivity index is 1.03. The molecule has 0 saturated heterocycles. The Bertz CT molecular complexity index is 2880. The molecule has 0 amide bonds. The van der Waals surface area contributed by atoms with Gasteiger partial charge in [0.05, 0.1) is 0 Å². The standard InChI is InChI=1S/C52H41N3O/c1-52(2)44-30-37(50-53-49(35-15-7-4-8-16-35)54-51(55-50)38-25-27-41-40-19-11-12-20-45(40)56-46(41)31-38)26-28-42(44)47-43(29-36-17-9-10-18-39(36)48(47)52)34-23-21-33(22-24-34)32-13-5-3-6-14-32/h3-10,12-13,15-18,20-32,50H,11,14,19H2,1-2H3,(H,53,54,55). The Kier molecular flexibility index (Phi) is 7.50. The number of amidine groups is 2. The summed E-state index contributed by atoms with van der Waals surface area (Å²) in [4.78, 5) is 10.5. The van der Waals surface area contributed by atoms with Gasteiger partial charge >= 0.3 is 0 Å². The fourth-order valence-electron chi connectivity index (χ4n) is 9.45. The van der Waals surface area contributed by atoms with Gasteiger partial charge in [0.2, 0.25) is 0 Å². The summed E-state index contributed by atoms with van der Waals surface area (Å²) < 4.78 is 6.34. The number of furan rings is 1. The second-order valence-corrected chi connectivity index (χ2v) is 16.0. The number of nitrogens with one attached hydrogen (secondary N) is 1. The molecule has 0 bridgehead atoms. The summed E-state index contributed by atoms with van der Waals surface area (Å²) in [5, 5.41) is 7.47. The molecule has 270 valence electrons. The zero-order valence-electron chi connectivity index (χ0n) is 31.6. The summed E-state index contributed by atoms with van der Waals surface area (Å²) in [5.74, 6) is 2.89. The highest BCUT2D eigenvalue weighted by atomic mass is 16.3. The van der Waals surface area contributed by atoms with Crippen LogP contribution in [0.15, 0.2) is 166 Å². The molecule has 6 aromatic carbocycles. The number of rotatable bonds is 5. The van der Waals surface area contributed by atoms with Crippen LogP contribution in [-0.2, 0) is 11.8 Å². The van der Waals surface area contributed by atoms with Gasteiger partial charge in [0.15, 0.2) is 5.84 Å². The Labute approximate surface area is 327 Å². The maximum atomic E-state index is 6.34. The number of benzene rings is 6. The molecule has 4 heteroatoms. The molecule has 2 unspecified atom stereocenters. The van der Waals surface area contributed by atoms with Gasteiger partial charge in [-0.1, -0.05) is 153 Å². The van der Waals surface area contributed by atoms with Crippen molar-refractivity contribution >= 4 is 39.5 Å². The Morgan fingerprint density at radius 1 is 0.714 bits per heavy atom. The summed E-state index contributed by atoms with van der Waals surface area (Å²) in [6.07, 6.45) is 15.9. The van der Waals surface area contributed by atoms with Crippen molar-refractivity contribution in [3.63, 3.8) is 0 Å². The van der Waals surface area contributed by atoms with Crippen LogP contribution in [0.1, 0.15) is 83.5 Å². The number of aliphatic imine (C=N–C) groups is 2. The minimum absolute atomic E-state index is 0.245. The highest BCUT2D eigenvalue weighted by molar-refractivity contribution is 6.14. The van der Waals surface area contributed by atoms with Gasteiger partial charge in [-0.25, -0.2) is 9.98 Å². The smallest absolute Gasteiger partial charge is 0.159 e. The Hall–Kier alpha value is -6.52. The lowest BCUT2D eigenvalue weighted by molar-refractivity contribution is 0.595. The summed E-state index contributed by atoms with van der Waals surface area (Å²) in [6, 6.07) is 44.4. The average molecular weight is 724 g/mol. The molecule has 0 saturated carbocycles. The predicted octanol–water partition coefficient (Wildman–Crippen LogP) is 12.6. The largest absolute Gasteiger partial charge is 0.456 e. The minimum Gasteiger partial charge on any atom is -0.456 e. The van der Waals surface area contributed by atoms with Crippen LogP contribution in [0.3, 0.4) is 0 Å². The van der Waals surface area contributed by atoms with Gasteiger partial charge in [-0.3, -0.25) is 0 Å². The number of allylic oxidation sites excluding steroid dienone is 5. The molecule has 7 aromatic rings. The molecule has 4 aliphatic rings. The van der Waals surface area contributed by atoms with Crippen LogP contribution in [0.5, 0.6) is 0 Å². The van der Waals surface area contributed by atoms with E-state index in [1.54, 1.807) is 0 Å². The molecule has 11 rings (SSSR count). The first-order valence-corrected chi connectivity index (χ1v) is 19.8. The number of nitrogens with zero attached hydrogens (tertiary/aromatic N) is 2. The number of hydrogen-bond acceptors (Lipinski definition) is 4. The van der Waals surface area contributed by atoms with Crippen molar-refractivity contribution in [1.29, 1.82) is 0 Å². The average Bonchev–Trinajstić information content (AvgIpc) is 3.75. The first-order valence-electron chi connectivity index (χ1n) is 19.8. The van der Waals surface area contributed by atoms with E-state index in [4.69, 9.17) is 14.4 Å². The Morgan fingerprint density at radius 3 is 2.39 bits per heavy atom.